The molecule has 0 fully saturated rings. The Kier molecular flexibility index (Phi) is 6.47. The lowest BCUT2D eigenvalue weighted by molar-refractivity contribution is -0.148. The molecule has 0 aliphatic carbocycles. The van der Waals surface area contributed by atoms with Gasteiger partial charge in [0.15, 0.2) is 0 Å². The van der Waals surface area contributed by atoms with Gasteiger partial charge in [-0.3, -0.25) is 0 Å². The minimum absolute atomic E-state index is 0.0825. The van der Waals surface area contributed by atoms with Gasteiger partial charge in [0, 0.05) is 0 Å². The highest BCUT2D eigenvalue weighted by Crippen LogP contribution is 2.33. The molecule has 1 atom stereocenters. The number of fused-ring (bicyclic) bond motifs is 1. The van der Waals surface area contributed by atoms with Gasteiger partial charge >= 0.3 is 12.1 Å². The summed E-state index contributed by atoms with van der Waals surface area (Å²) >= 11 is 3.51. The van der Waals surface area contributed by atoms with Crippen molar-refractivity contribution in [3.05, 3.63) is 40.9 Å². The van der Waals surface area contributed by atoms with E-state index in [9.17, 15) is 9.59 Å². The van der Waals surface area contributed by atoms with Crippen LogP contribution in [0.1, 0.15) is 20.8 Å². The molecule has 1 amide bonds. The average molecular weight is 424 g/mol. The van der Waals surface area contributed by atoms with Crippen molar-refractivity contribution in [3.63, 3.8) is 0 Å². The summed E-state index contributed by atoms with van der Waals surface area (Å²) in [5.41, 5.74) is -0.632. The molecular weight excluding hydrogens is 402 g/mol. The maximum Gasteiger partial charge on any atom is 0.407 e. The molecule has 1 unspecified atom stereocenters. The van der Waals surface area contributed by atoms with Crippen molar-refractivity contribution in [2.75, 3.05) is 13.7 Å². The van der Waals surface area contributed by atoms with Gasteiger partial charge in [-0.2, -0.15) is 0 Å². The number of carbonyl (C=O) groups is 2. The molecule has 0 aromatic heterocycles. The van der Waals surface area contributed by atoms with Crippen LogP contribution in [0.15, 0.2) is 40.9 Å². The first-order valence-corrected chi connectivity index (χ1v) is 8.89. The zero-order valence-electron chi connectivity index (χ0n) is 15.2. The van der Waals surface area contributed by atoms with E-state index in [2.05, 4.69) is 21.2 Å². The Balaban J connectivity index is 2.14. The number of nitrogens with one attached hydrogen (secondary N) is 1. The van der Waals surface area contributed by atoms with Crippen molar-refractivity contribution in [3.8, 4) is 5.75 Å². The van der Waals surface area contributed by atoms with E-state index < -0.39 is 23.8 Å². The smallest absolute Gasteiger partial charge is 0.407 e. The van der Waals surface area contributed by atoms with E-state index in [4.69, 9.17) is 14.2 Å². The van der Waals surface area contributed by atoms with E-state index in [-0.39, 0.29) is 6.54 Å². The summed E-state index contributed by atoms with van der Waals surface area (Å²) < 4.78 is 16.5. The van der Waals surface area contributed by atoms with Gasteiger partial charge in [-0.05, 0) is 53.5 Å². The number of alkyl carbamates (subject to hydrolysis) is 1. The largest absolute Gasteiger partial charge is 0.476 e. The van der Waals surface area contributed by atoms with Crippen molar-refractivity contribution in [2.24, 2.45) is 0 Å². The molecule has 0 saturated carbocycles. The fourth-order valence-electron chi connectivity index (χ4n) is 2.25. The predicted molar refractivity (Wildman–Crippen MR) is 102 cm³/mol. The minimum atomic E-state index is -1.01. The predicted octanol–water partition coefficient (Wildman–Crippen LogP) is 4.05. The standard InChI is InChI=1S/C19H22BrNO5/c1-19(2,3)26-18(23)21-11-15(17(22)24-4)25-14-10-9-12-7-5-6-8-13(12)16(14)20/h5-10,15H,11H2,1-4H3,(H,21,23). The average Bonchev–Trinajstić information content (AvgIpc) is 2.58. The topological polar surface area (TPSA) is 73.9 Å². The van der Waals surface area contributed by atoms with Crippen LogP contribution < -0.4 is 10.1 Å². The van der Waals surface area contributed by atoms with Crippen LogP contribution in [0.25, 0.3) is 10.8 Å². The number of hydrogen-bond acceptors (Lipinski definition) is 5. The number of ether oxygens (including phenoxy) is 3. The molecule has 0 aliphatic heterocycles. The van der Waals surface area contributed by atoms with E-state index in [0.717, 1.165) is 15.2 Å². The van der Waals surface area contributed by atoms with Crippen molar-refractivity contribution in [1.29, 1.82) is 0 Å². The van der Waals surface area contributed by atoms with Gasteiger partial charge in [0.1, 0.15) is 11.4 Å². The molecule has 0 bridgehead atoms. The Labute approximate surface area is 160 Å². The lowest BCUT2D eigenvalue weighted by Gasteiger charge is -2.22. The Bertz CT molecular complexity index is 800. The van der Waals surface area contributed by atoms with Crippen LogP contribution in [0.5, 0.6) is 5.75 Å². The van der Waals surface area contributed by atoms with E-state index in [0.29, 0.717) is 5.75 Å². The van der Waals surface area contributed by atoms with E-state index in [1.165, 1.54) is 7.11 Å². The van der Waals surface area contributed by atoms with E-state index in [1.807, 2.05) is 30.3 Å². The first kappa shape index (κ1) is 20.0. The number of benzene rings is 2. The Morgan fingerprint density at radius 1 is 1.15 bits per heavy atom. The second kappa shape index (κ2) is 8.40. The van der Waals surface area contributed by atoms with Crippen LogP contribution in [0.4, 0.5) is 4.79 Å². The summed E-state index contributed by atoms with van der Waals surface area (Å²) in [5.74, 6) is -0.119. The molecular formula is C19H22BrNO5. The first-order chi connectivity index (χ1) is 12.2. The van der Waals surface area contributed by atoms with Gasteiger partial charge in [-0.25, -0.2) is 9.59 Å². The third-order valence-electron chi connectivity index (χ3n) is 3.39. The number of esters is 1. The quantitative estimate of drug-likeness (QED) is 0.734. The summed E-state index contributed by atoms with van der Waals surface area (Å²) in [4.78, 5) is 23.9. The molecule has 0 radical (unpaired) electrons. The molecule has 0 saturated heterocycles. The number of rotatable bonds is 5. The molecule has 0 spiro atoms. The maximum absolute atomic E-state index is 12.0. The summed E-state index contributed by atoms with van der Waals surface area (Å²) in [6.45, 7) is 5.19. The van der Waals surface area contributed by atoms with Crippen molar-refractivity contribution in [2.45, 2.75) is 32.5 Å². The maximum atomic E-state index is 12.0. The molecule has 2 aromatic rings. The second-order valence-electron chi connectivity index (χ2n) is 6.61. The van der Waals surface area contributed by atoms with Gasteiger partial charge in [-0.1, -0.05) is 30.3 Å². The fraction of sp³-hybridized carbons (Fsp3) is 0.368. The van der Waals surface area contributed by atoms with Gasteiger partial charge in [-0.15, -0.1) is 0 Å². The summed E-state index contributed by atoms with van der Waals surface area (Å²) in [6.07, 6.45) is -1.64. The van der Waals surface area contributed by atoms with Crippen LogP contribution in [-0.4, -0.2) is 37.4 Å². The van der Waals surface area contributed by atoms with Crippen molar-refractivity contribution >= 4 is 38.8 Å². The lowest BCUT2D eigenvalue weighted by Crippen LogP contribution is -2.42. The summed E-state index contributed by atoms with van der Waals surface area (Å²) in [6, 6.07) is 11.4. The molecule has 140 valence electrons. The Morgan fingerprint density at radius 2 is 1.85 bits per heavy atom. The lowest BCUT2D eigenvalue weighted by atomic mass is 10.1. The summed E-state index contributed by atoms with van der Waals surface area (Å²) in [7, 11) is 1.27. The molecule has 1 N–H and O–H groups in total. The molecule has 2 rings (SSSR count). The van der Waals surface area contributed by atoms with Crippen LogP contribution in [0.2, 0.25) is 0 Å². The number of amides is 1. The van der Waals surface area contributed by atoms with Gasteiger partial charge in [0.2, 0.25) is 6.10 Å². The molecule has 0 aliphatic rings. The highest BCUT2D eigenvalue weighted by atomic mass is 79.9. The van der Waals surface area contributed by atoms with Gasteiger partial charge < -0.3 is 19.5 Å². The Morgan fingerprint density at radius 3 is 2.50 bits per heavy atom. The van der Waals surface area contributed by atoms with Gasteiger partial charge in [0.25, 0.3) is 0 Å². The zero-order chi connectivity index (χ0) is 19.3. The van der Waals surface area contributed by atoms with Crippen LogP contribution in [0.3, 0.4) is 0 Å². The minimum Gasteiger partial charge on any atom is -0.476 e. The molecule has 0 heterocycles. The highest BCUT2D eigenvalue weighted by molar-refractivity contribution is 9.10. The fourth-order valence-corrected chi connectivity index (χ4v) is 2.84. The van der Waals surface area contributed by atoms with Crippen LogP contribution >= 0.6 is 15.9 Å². The Hall–Kier alpha value is -2.28. The molecule has 2 aromatic carbocycles. The number of carbonyl (C=O) groups excluding carboxylic acids is 2. The van der Waals surface area contributed by atoms with Gasteiger partial charge in [0.05, 0.1) is 18.1 Å². The first-order valence-electron chi connectivity index (χ1n) is 8.10. The van der Waals surface area contributed by atoms with E-state index in [1.54, 1.807) is 26.8 Å². The van der Waals surface area contributed by atoms with Crippen LogP contribution in [-0.2, 0) is 14.3 Å². The molecule has 26 heavy (non-hydrogen) atoms. The number of hydrogen-bond donors (Lipinski definition) is 1. The van der Waals surface area contributed by atoms with Crippen LogP contribution in [0, 0.1) is 0 Å². The number of methoxy groups -OCH3 is 1. The molecule has 7 heteroatoms. The zero-order valence-corrected chi connectivity index (χ0v) is 16.8. The van der Waals surface area contributed by atoms with E-state index >= 15 is 0 Å². The third kappa shape index (κ3) is 5.36. The monoisotopic (exact) mass is 423 g/mol. The summed E-state index contributed by atoms with van der Waals surface area (Å²) in [5, 5.41) is 4.52. The second-order valence-corrected chi connectivity index (χ2v) is 7.40. The molecule has 6 nitrogen and oxygen atoms in total. The third-order valence-corrected chi connectivity index (χ3v) is 4.21. The van der Waals surface area contributed by atoms with Crippen molar-refractivity contribution < 1.29 is 23.8 Å². The highest BCUT2D eigenvalue weighted by Gasteiger charge is 2.25. The SMILES string of the molecule is COC(=O)C(CNC(=O)OC(C)(C)C)Oc1ccc2ccccc2c1Br. The number of halogens is 1. The normalized spacial score (nSPS) is 12.3. The van der Waals surface area contributed by atoms with Crippen molar-refractivity contribution in [1.82, 2.24) is 5.32 Å².